The lowest BCUT2D eigenvalue weighted by Crippen LogP contribution is -2.11. The molecule has 0 aliphatic heterocycles. The molecule has 0 aliphatic carbocycles. The molecule has 0 fully saturated rings. The number of benzene rings is 3. The van der Waals surface area contributed by atoms with Crippen molar-refractivity contribution < 1.29 is 9.21 Å². The van der Waals surface area contributed by atoms with Crippen LogP contribution in [0.5, 0.6) is 0 Å². The number of hydrogen-bond donors (Lipinski definition) is 1. The molecule has 3 nitrogen and oxygen atoms in total. The fraction of sp³-hybridized carbons (Fsp3) is 0.0455. The molecule has 0 saturated carbocycles. The summed E-state index contributed by atoms with van der Waals surface area (Å²) in [6.07, 6.45) is 0. The van der Waals surface area contributed by atoms with Gasteiger partial charge in [0.15, 0.2) is 5.76 Å². The van der Waals surface area contributed by atoms with Crippen LogP contribution in [0.1, 0.15) is 16.1 Å². The number of carbonyl (C=O) groups excluding carboxylic acids is 1. The lowest BCUT2D eigenvalue weighted by molar-refractivity contribution is 0.0998. The van der Waals surface area contributed by atoms with E-state index in [-0.39, 0.29) is 5.91 Å². The van der Waals surface area contributed by atoms with Gasteiger partial charge in [0.25, 0.3) is 5.91 Å². The van der Waals surface area contributed by atoms with Gasteiger partial charge in [0.2, 0.25) is 0 Å². The van der Waals surface area contributed by atoms with Crippen molar-refractivity contribution in [3.05, 3.63) is 90.2 Å². The maximum atomic E-state index is 12.6. The van der Waals surface area contributed by atoms with E-state index < -0.39 is 0 Å². The molecule has 4 aromatic rings. The molecular weight excluding hydrogens is 310 g/mol. The molecule has 4 rings (SSSR count). The van der Waals surface area contributed by atoms with E-state index in [2.05, 4.69) is 17.4 Å². The molecule has 0 atom stereocenters. The molecule has 0 unspecified atom stereocenters. The van der Waals surface area contributed by atoms with E-state index >= 15 is 0 Å². The average molecular weight is 327 g/mol. The zero-order valence-corrected chi connectivity index (χ0v) is 13.8. The fourth-order valence-corrected chi connectivity index (χ4v) is 2.96. The molecule has 1 amide bonds. The van der Waals surface area contributed by atoms with Crippen molar-refractivity contribution in [3.63, 3.8) is 0 Å². The summed E-state index contributed by atoms with van der Waals surface area (Å²) < 4.78 is 5.71. The zero-order chi connectivity index (χ0) is 17.2. The molecule has 0 saturated heterocycles. The second-order valence-electron chi connectivity index (χ2n) is 5.95. The van der Waals surface area contributed by atoms with Gasteiger partial charge in [-0.2, -0.15) is 0 Å². The number of anilines is 1. The van der Waals surface area contributed by atoms with Crippen LogP contribution in [-0.4, -0.2) is 5.91 Å². The van der Waals surface area contributed by atoms with E-state index in [1.54, 1.807) is 0 Å². The standard InChI is InChI=1S/C22H17NO2/c1-15-19-9-5-6-10-20(19)25-21(15)22(24)23-18-13-11-17(12-14-18)16-7-3-2-4-8-16/h2-14H,1H3,(H,23,24). The molecule has 1 aromatic heterocycles. The summed E-state index contributed by atoms with van der Waals surface area (Å²) in [5.74, 6) is 0.120. The number of para-hydroxylation sites is 1. The molecule has 25 heavy (non-hydrogen) atoms. The summed E-state index contributed by atoms with van der Waals surface area (Å²) in [7, 11) is 0. The minimum atomic E-state index is -0.235. The SMILES string of the molecule is Cc1c(C(=O)Nc2ccc(-c3ccccc3)cc2)oc2ccccc12. The van der Waals surface area contributed by atoms with Gasteiger partial charge in [0.1, 0.15) is 5.58 Å². The van der Waals surface area contributed by atoms with Gasteiger partial charge in [0.05, 0.1) is 0 Å². The third kappa shape index (κ3) is 2.92. The van der Waals surface area contributed by atoms with E-state index in [1.165, 1.54) is 0 Å². The normalized spacial score (nSPS) is 10.8. The molecule has 1 heterocycles. The number of amides is 1. The summed E-state index contributed by atoms with van der Waals surface area (Å²) in [6, 6.07) is 25.6. The Balaban J connectivity index is 1.57. The maximum absolute atomic E-state index is 12.6. The van der Waals surface area contributed by atoms with E-state index in [0.29, 0.717) is 5.76 Å². The number of aryl methyl sites for hydroxylation is 1. The first-order chi connectivity index (χ1) is 12.2. The quantitative estimate of drug-likeness (QED) is 0.527. The molecule has 1 N–H and O–H groups in total. The minimum absolute atomic E-state index is 0.235. The fourth-order valence-electron chi connectivity index (χ4n) is 2.96. The topological polar surface area (TPSA) is 42.2 Å². The van der Waals surface area contributed by atoms with Crippen molar-refractivity contribution in [2.24, 2.45) is 0 Å². The van der Waals surface area contributed by atoms with Crippen molar-refractivity contribution in [2.45, 2.75) is 6.92 Å². The number of rotatable bonds is 3. The van der Waals surface area contributed by atoms with Gasteiger partial charge in [-0.1, -0.05) is 60.7 Å². The Morgan fingerprint density at radius 1 is 0.800 bits per heavy atom. The van der Waals surface area contributed by atoms with Crippen LogP contribution < -0.4 is 5.32 Å². The summed E-state index contributed by atoms with van der Waals surface area (Å²) in [5, 5.41) is 3.87. The summed E-state index contributed by atoms with van der Waals surface area (Å²) >= 11 is 0. The van der Waals surface area contributed by atoms with Gasteiger partial charge in [-0.05, 0) is 36.2 Å². The number of carbonyl (C=O) groups is 1. The molecule has 3 heteroatoms. The third-order valence-corrected chi connectivity index (χ3v) is 4.30. The number of furan rings is 1. The first-order valence-electron chi connectivity index (χ1n) is 8.17. The monoisotopic (exact) mass is 327 g/mol. The highest BCUT2D eigenvalue weighted by atomic mass is 16.3. The highest BCUT2D eigenvalue weighted by Crippen LogP contribution is 2.26. The van der Waals surface area contributed by atoms with Gasteiger partial charge >= 0.3 is 0 Å². The van der Waals surface area contributed by atoms with Crippen molar-refractivity contribution >= 4 is 22.6 Å². The van der Waals surface area contributed by atoms with Gasteiger partial charge in [-0.3, -0.25) is 4.79 Å². The third-order valence-electron chi connectivity index (χ3n) is 4.30. The van der Waals surface area contributed by atoms with Crippen LogP contribution >= 0.6 is 0 Å². The Kier molecular flexibility index (Phi) is 3.82. The van der Waals surface area contributed by atoms with Crippen molar-refractivity contribution in [3.8, 4) is 11.1 Å². The average Bonchev–Trinajstić information content (AvgIpc) is 3.00. The van der Waals surface area contributed by atoms with Crippen molar-refractivity contribution in [2.75, 3.05) is 5.32 Å². The Morgan fingerprint density at radius 3 is 2.16 bits per heavy atom. The first kappa shape index (κ1) is 15.2. The summed E-state index contributed by atoms with van der Waals surface area (Å²) in [5.41, 5.74) is 4.58. The molecular formula is C22H17NO2. The molecule has 122 valence electrons. The van der Waals surface area contributed by atoms with Gasteiger partial charge in [0, 0.05) is 16.6 Å². The summed E-state index contributed by atoms with van der Waals surface area (Å²) in [6.45, 7) is 1.90. The Morgan fingerprint density at radius 2 is 1.44 bits per heavy atom. The Labute approximate surface area is 145 Å². The van der Waals surface area contributed by atoms with E-state index in [4.69, 9.17) is 4.42 Å². The summed E-state index contributed by atoms with van der Waals surface area (Å²) in [4.78, 5) is 12.6. The molecule has 0 spiro atoms. The van der Waals surface area contributed by atoms with Gasteiger partial charge in [-0.25, -0.2) is 0 Å². The van der Waals surface area contributed by atoms with Gasteiger partial charge in [-0.15, -0.1) is 0 Å². The van der Waals surface area contributed by atoms with Crippen LogP contribution in [0.15, 0.2) is 83.3 Å². The van der Waals surface area contributed by atoms with Crippen LogP contribution in [0.3, 0.4) is 0 Å². The second-order valence-corrected chi connectivity index (χ2v) is 5.95. The lowest BCUT2D eigenvalue weighted by atomic mass is 10.1. The number of fused-ring (bicyclic) bond motifs is 1. The molecule has 0 bridgehead atoms. The number of nitrogens with one attached hydrogen (secondary N) is 1. The van der Waals surface area contributed by atoms with E-state index in [9.17, 15) is 4.79 Å². The van der Waals surface area contributed by atoms with Crippen molar-refractivity contribution in [1.82, 2.24) is 0 Å². The van der Waals surface area contributed by atoms with Crippen LogP contribution in [0.25, 0.3) is 22.1 Å². The molecule has 0 aliphatic rings. The second kappa shape index (κ2) is 6.29. The van der Waals surface area contributed by atoms with E-state index in [1.807, 2.05) is 73.7 Å². The zero-order valence-electron chi connectivity index (χ0n) is 13.8. The molecule has 3 aromatic carbocycles. The Bertz CT molecular complexity index is 1030. The first-order valence-corrected chi connectivity index (χ1v) is 8.17. The lowest BCUT2D eigenvalue weighted by Gasteiger charge is -2.06. The Hall–Kier alpha value is -3.33. The highest BCUT2D eigenvalue weighted by molar-refractivity contribution is 6.06. The van der Waals surface area contributed by atoms with Crippen LogP contribution in [0.2, 0.25) is 0 Å². The highest BCUT2D eigenvalue weighted by Gasteiger charge is 2.17. The predicted molar refractivity (Wildman–Crippen MR) is 101 cm³/mol. The van der Waals surface area contributed by atoms with Crippen LogP contribution in [0, 0.1) is 6.92 Å². The molecule has 0 radical (unpaired) electrons. The van der Waals surface area contributed by atoms with Crippen molar-refractivity contribution in [1.29, 1.82) is 0 Å². The van der Waals surface area contributed by atoms with Crippen LogP contribution in [0.4, 0.5) is 5.69 Å². The van der Waals surface area contributed by atoms with E-state index in [0.717, 1.165) is 33.3 Å². The predicted octanol–water partition coefficient (Wildman–Crippen LogP) is 5.66. The smallest absolute Gasteiger partial charge is 0.291 e. The largest absolute Gasteiger partial charge is 0.451 e. The number of hydrogen-bond acceptors (Lipinski definition) is 2. The minimum Gasteiger partial charge on any atom is -0.451 e. The van der Waals surface area contributed by atoms with Gasteiger partial charge < -0.3 is 9.73 Å². The van der Waals surface area contributed by atoms with Crippen LogP contribution in [-0.2, 0) is 0 Å². The maximum Gasteiger partial charge on any atom is 0.291 e.